The Morgan fingerprint density at radius 3 is 2.21 bits per heavy atom. The minimum absolute atomic E-state index is 0.411. The monoisotopic (exact) mass is 255 g/mol. The van der Waals surface area contributed by atoms with Gasteiger partial charge in [-0.25, -0.2) is 5.01 Å². The Morgan fingerprint density at radius 1 is 1.05 bits per heavy atom. The number of nitrogens with zero attached hydrogens (tertiary/aromatic N) is 1. The van der Waals surface area contributed by atoms with E-state index in [1.165, 1.54) is 0 Å². The number of hydrogen-bond acceptors (Lipinski definition) is 3. The standard InChI is InChI=1S/C15H17N3O/c1-12(16)18(17-13-6-4-3-5-7-13)14-8-10-15(19-2)11-9-14/h3-11,16-17H,1-2H3. The van der Waals surface area contributed by atoms with E-state index in [0.717, 1.165) is 17.1 Å². The molecule has 0 heterocycles. The van der Waals surface area contributed by atoms with E-state index >= 15 is 0 Å². The van der Waals surface area contributed by atoms with Crippen molar-refractivity contribution in [2.45, 2.75) is 6.92 Å². The third-order valence-corrected chi connectivity index (χ3v) is 2.68. The van der Waals surface area contributed by atoms with E-state index in [-0.39, 0.29) is 0 Å². The molecule has 0 aliphatic carbocycles. The number of rotatable bonds is 4. The van der Waals surface area contributed by atoms with Gasteiger partial charge in [-0.1, -0.05) is 18.2 Å². The summed E-state index contributed by atoms with van der Waals surface area (Å²) < 4.78 is 5.14. The summed E-state index contributed by atoms with van der Waals surface area (Å²) >= 11 is 0. The van der Waals surface area contributed by atoms with Gasteiger partial charge in [-0.15, -0.1) is 0 Å². The molecule has 0 aliphatic rings. The Labute approximate surface area is 113 Å². The van der Waals surface area contributed by atoms with Crippen molar-refractivity contribution in [3.63, 3.8) is 0 Å². The second-order valence-corrected chi connectivity index (χ2v) is 4.10. The average molecular weight is 255 g/mol. The molecular weight excluding hydrogens is 238 g/mol. The van der Waals surface area contributed by atoms with E-state index in [0.29, 0.717) is 5.84 Å². The lowest BCUT2D eigenvalue weighted by Gasteiger charge is -2.25. The van der Waals surface area contributed by atoms with Gasteiger partial charge in [-0.2, -0.15) is 0 Å². The lowest BCUT2D eigenvalue weighted by atomic mass is 10.3. The van der Waals surface area contributed by atoms with Crippen LogP contribution in [0.25, 0.3) is 0 Å². The first-order chi connectivity index (χ1) is 9.20. The van der Waals surface area contributed by atoms with Crippen LogP contribution >= 0.6 is 0 Å². The topological polar surface area (TPSA) is 48.4 Å². The van der Waals surface area contributed by atoms with Crippen LogP contribution in [0.3, 0.4) is 0 Å². The van der Waals surface area contributed by atoms with E-state index in [2.05, 4.69) is 5.43 Å². The molecule has 0 amide bonds. The minimum Gasteiger partial charge on any atom is -0.497 e. The Morgan fingerprint density at radius 2 is 1.68 bits per heavy atom. The first kappa shape index (κ1) is 13.0. The van der Waals surface area contributed by atoms with Gasteiger partial charge in [-0.05, 0) is 43.3 Å². The largest absolute Gasteiger partial charge is 0.497 e. The molecule has 19 heavy (non-hydrogen) atoms. The number of hydrogen-bond donors (Lipinski definition) is 2. The van der Waals surface area contributed by atoms with Gasteiger partial charge in [-0.3, -0.25) is 10.8 Å². The summed E-state index contributed by atoms with van der Waals surface area (Å²) in [5.74, 6) is 1.21. The van der Waals surface area contributed by atoms with Crippen molar-refractivity contribution in [3.05, 3.63) is 54.6 Å². The Balaban J connectivity index is 2.22. The van der Waals surface area contributed by atoms with Crippen LogP contribution in [0, 0.1) is 5.41 Å². The predicted molar refractivity (Wildman–Crippen MR) is 78.9 cm³/mol. The Hall–Kier alpha value is -2.49. The molecule has 2 rings (SSSR count). The van der Waals surface area contributed by atoms with E-state index in [9.17, 15) is 0 Å². The van der Waals surface area contributed by atoms with Crippen molar-refractivity contribution < 1.29 is 4.74 Å². The average Bonchev–Trinajstić information content (AvgIpc) is 2.46. The molecule has 0 unspecified atom stereocenters. The molecule has 0 atom stereocenters. The van der Waals surface area contributed by atoms with Crippen LogP contribution in [-0.2, 0) is 0 Å². The molecule has 0 fully saturated rings. The van der Waals surface area contributed by atoms with Crippen LogP contribution in [0.1, 0.15) is 6.92 Å². The smallest absolute Gasteiger partial charge is 0.119 e. The highest BCUT2D eigenvalue weighted by Gasteiger charge is 2.08. The third kappa shape index (κ3) is 3.25. The van der Waals surface area contributed by atoms with Gasteiger partial charge in [0.15, 0.2) is 0 Å². The minimum atomic E-state index is 0.411. The third-order valence-electron chi connectivity index (χ3n) is 2.68. The molecule has 0 aliphatic heterocycles. The van der Waals surface area contributed by atoms with Crippen molar-refractivity contribution in [1.29, 1.82) is 5.41 Å². The van der Waals surface area contributed by atoms with Gasteiger partial charge in [0, 0.05) is 0 Å². The maximum Gasteiger partial charge on any atom is 0.119 e. The summed E-state index contributed by atoms with van der Waals surface area (Å²) in [6.45, 7) is 1.74. The molecule has 98 valence electrons. The summed E-state index contributed by atoms with van der Waals surface area (Å²) in [6, 6.07) is 17.3. The normalized spacial score (nSPS) is 9.79. The fourth-order valence-corrected chi connectivity index (χ4v) is 1.72. The highest BCUT2D eigenvalue weighted by Crippen LogP contribution is 2.20. The molecule has 2 aromatic carbocycles. The van der Waals surface area contributed by atoms with Gasteiger partial charge in [0.25, 0.3) is 0 Å². The number of para-hydroxylation sites is 1. The molecule has 0 saturated heterocycles. The first-order valence-electron chi connectivity index (χ1n) is 6.02. The molecule has 4 heteroatoms. The zero-order valence-electron chi connectivity index (χ0n) is 11.1. The van der Waals surface area contributed by atoms with E-state index in [1.807, 2.05) is 54.6 Å². The van der Waals surface area contributed by atoms with Crippen molar-refractivity contribution >= 4 is 17.2 Å². The lowest BCUT2D eigenvalue weighted by Crippen LogP contribution is -2.33. The SMILES string of the molecule is COc1ccc(N(Nc2ccccc2)C(C)=N)cc1. The van der Waals surface area contributed by atoms with Crippen molar-refractivity contribution in [1.82, 2.24) is 0 Å². The number of ether oxygens (including phenoxy) is 1. The fraction of sp³-hybridized carbons (Fsp3) is 0.133. The Kier molecular flexibility index (Phi) is 4.03. The van der Waals surface area contributed by atoms with E-state index in [1.54, 1.807) is 19.0 Å². The Bertz CT molecular complexity index is 537. The molecule has 0 radical (unpaired) electrons. The van der Waals surface area contributed by atoms with Crippen LogP contribution in [0.4, 0.5) is 11.4 Å². The van der Waals surface area contributed by atoms with Gasteiger partial charge < -0.3 is 4.74 Å². The predicted octanol–water partition coefficient (Wildman–Crippen LogP) is 3.53. The number of anilines is 2. The quantitative estimate of drug-likeness (QED) is 0.499. The summed E-state index contributed by atoms with van der Waals surface area (Å²) in [5.41, 5.74) is 5.02. The van der Waals surface area contributed by atoms with Crippen LogP contribution in [0.15, 0.2) is 54.6 Å². The number of nitrogens with one attached hydrogen (secondary N) is 2. The number of amidine groups is 1. The van der Waals surface area contributed by atoms with Crippen LogP contribution in [-0.4, -0.2) is 12.9 Å². The van der Waals surface area contributed by atoms with E-state index in [4.69, 9.17) is 10.1 Å². The second-order valence-electron chi connectivity index (χ2n) is 4.10. The van der Waals surface area contributed by atoms with Crippen LogP contribution in [0.5, 0.6) is 5.75 Å². The van der Waals surface area contributed by atoms with Gasteiger partial charge in [0.2, 0.25) is 0 Å². The summed E-state index contributed by atoms with van der Waals surface area (Å²) in [6.07, 6.45) is 0. The lowest BCUT2D eigenvalue weighted by molar-refractivity contribution is 0.415. The van der Waals surface area contributed by atoms with Crippen LogP contribution < -0.4 is 15.2 Å². The summed E-state index contributed by atoms with van der Waals surface area (Å²) in [7, 11) is 1.64. The highest BCUT2D eigenvalue weighted by atomic mass is 16.5. The van der Waals surface area contributed by atoms with E-state index < -0.39 is 0 Å². The number of hydrazine groups is 1. The fourth-order valence-electron chi connectivity index (χ4n) is 1.72. The number of benzene rings is 2. The van der Waals surface area contributed by atoms with Crippen LogP contribution in [0.2, 0.25) is 0 Å². The summed E-state index contributed by atoms with van der Waals surface area (Å²) in [5, 5.41) is 9.59. The summed E-state index contributed by atoms with van der Waals surface area (Å²) in [4.78, 5) is 0. The van der Waals surface area contributed by atoms with Crippen molar-refractivity contribution in [2.75, 3.05) is 17.5 Å². The second kappa shape index (κ2) is 5.91. The molecule has 2 N–H and O–H groups in total. The zero-order valence-corrected chi connectivity index (χ0v) is 11.1. The van der Waals surface area contributed by atoms with Gasteiger partial charge in [0.05, 0.1) is 18.5 Å². The highest BCUT2D eigenvalue weighted by molar-refractivity contribution is 5.95. The molecular formula is C15H17N3O. The molecule has 0 saturated carbocycles. The molecule has 2 aromatic rings. The maximum atomic E-state index is 7.87. The maximum absolute atomic E-state index is 7.87. The molecule has 0 aromatic heterocycles. The molecule has 0 spiro atoms. The number of methoxy groups -OCH3 is 1. The zero-order chi connectivity index (χ0) is 13.7. The van der Waals surface area contributed by atoms with Gasteiger partial charge >= 0.3 is 0 Å². The van der Waals surface area contributed by atoms with Gasteiger partial charge in [0.1, 0.15) is 11.6 Å². The first-order valence-corrected chi connectivity index (χ1v) is 6.02. The molecule has 0 bridgehead atoms. The van der Waals surface area contributed by atoms with Crippen molar-refractivity contribution in [2.24, 2.45) is 0 Å². The molecule has 4 nitrogen and oxygen atoms in total. The van der Waals surface area contributed by atoms with Crippen molar-refractivity contribution in [3.8, 4) is 5.75 Å².